The Bertz CT molecular complexity index is 391. The number of carbonyl (C=O) groups is 2. The third-order valence-electron chi connectivity index (χ3n) is 4.90. The van der Waals surface area contributed by atoms with Crippen molar-refractivity contribution in [3.8, 4) is 0 Å². The SMILES string of the molecule is O=C(NCC1CCCN(C(=O)C2CNC2)C1)C1CCCN1. The standard InChI is InChI=1S/C15H26N4O2/c20-14(13-4-1-5-17-13)18-7-11-3-2-6-19(10-11)15(21)12-8-16-9-12/h11-13,16-17H,1-10H2,(H,18,20). The molecular formula is C15H26N4O2. The second kappa shape index (κ2) is 6.75. The number of amides is 2. The van der Waals surface area contributed by atoms with Crippen molar-refractivity contribution in [3.05, 3.63) is 0 Å². The molecule has 3 rings (SSSR count). The van der Waals surface area contributed by atoms with Crippen molar-refractivity contribution in [2.75, 3.05) is 39.3 Å². The summed E-state index contributed by atoms with van der Waals surface area (Å²) in [6, 6.07) is -0.00706. The Balaban J connectivity index is 1.42. The van der Waals surface area contributed by atoms with Crippen LogP contribution in [-0.2, 0) is 9.59 Å². The van der Waals surface area contributed by atoms with Gasteiger partial charge >= 0.3 is 0 Å². The van der Waals surface area contributed by atoms with Crippen molar-refractivity contribution in [2.45, 2.75) is 31.7 Å². The van der Waals surface area contributed by atoms with Crippen LogP contribution in [0.15, 0.2) is 0 Å². The molecule has 0 saturated carbocycles. The van der Waals surface area contributed by atoms with E-state index in [1.165, 1.54) is 0 Å². The molecular weight excluding hydrogens is 268 g/mol. The molecule has 3 aliphatic heterocycles. The first-order valence-electron chi connectivity index (χ1n) is 8.24. The van der Waals surface area contributed by atoms with Gasteiger partial charge in [-0.1, -0.05) is 0 Å². The minimum Gasteiger partial charge on any atom is -0.354 e. The molecule has 6 heteroatoms. The van der Waals surface area contributed by atoms with E-state index >= 15 is 0 Å². The zero-order valence-corrected chi connectivity index (χ0v) is 12.6. The van der Waals surface area contributed by atoms with Crippen molar-refractivity contribution in [1.82, 2.24) is 20.9 Å². The smallest absolute Gasteiger partial charge is 0.237 e. The average molecular weight is 294 g/mol. The van der Waals surface area contributed by atoms with Gasteiger partial charge in [0.05, 0.1) is 12.0 Å². The second-order valence-electron chi connectivity index (χ2n) is 6.54. The Kier molecular flexibility index (Phi) is 4.75. The van der Waals surface area contributed by atoms with Gasteiger partial charge in [-0.2, -0.15) is 0 Å². The van der Waals surface area contributed by atoms with Crippen LogP contribution in [0.5, 0.6) is 0 Å². The molecule has 0 aliphatic carbocycles. The van der Waals surface area contributed by atoms with Gasteiger partial charge in [0.15, 0.2) is 0 Å². The maximum absolute atomic E-state index is 12.3. The van der Waals surface area contributed by atoms with E-state index in [-0.39, 0.29) is 17.9 Å². The highest BCUT2D eigenvalue weighted by Crippen LogP contribution is 2.19. The molecule has 3 N–H and O–H groups in total. The number of nitrogens with zero attached hydrogens (tertiary/aromatic N) is 1. The fraction of sp³-hybridized carbons (Fsp3) is 0.867. The number of carbonyl (C=O) groups excluding carboxylic acids is 2. The Morgan fingerprint density at radius 1 is 1.19 bits per heavy atom. The molecule has 2 atom stereocenters. The van der Waals surface area contributed by atoms with Gasteiger partial charge in [0.25, 0.3) is 0 Å². The van der Waals surface area contributed by atoms with Crippen LogP contribution in [0.2, 0.25) is 0 Å². The molecule has 6 nitrogen and oxygen atoms in total. The van der Waals surface area contributed by atoms with Gasteiger partial charge in [-0.25, -0.2) is 0 Å². The number of likely N-dealkylation sites (tertiary alicyclic amines) is 1. The molecule has 2 unspecified atom stereocenters. The maximum atomic E-state index is 12.3. The van der Waals surface area contributed by atoms with Gasteiger partial charge in [-0.3, -0.25) is 9.59 Å². The summed E-state index contributed by atoms with van der Waals surface area (Å²) in [6.45, 7) is 4.97. The predicted molar refractivity (Wildman–Crippen MR) is 79.7 cm³/mol. The van der Waals surface area contributed by atoms with E-state index in [1.807, 2.05) is 4.90 Å². The van der Waals surface area contributed by atoms with E-state index in [4.69, 9.17) is 0 Å². The molecule has 0 radical (unpaired) electrons. The zero-order chi connectivity index (χ0) is 14.7. The quantitative estimate of drug-likeness (QED) is 0.642. The molecule has 3 fully saturated rings. The maximum Gasteiger partial charge on any atom is 0.237 e. The monoisotopic (exact) mass is 294 g/mol. The molecule has 0 bridgehead atoms. The number of nitrogens with one attached hydrogen (secondary N) is 3. The second-order valence-corrected chi connectivity index (χ2v) is 6.54. The van der Waals surface area contributed by atoms with E-state index < -0.39 is 0 Å². The highest BCUT2D eigenvalue weighted by Gasteiger charge is 2.32. The summed E-state index contributed by atoms with van der Waals surface area (Å²) in [7, 11) is 0. The van der Waals surface area contributed by atoms with Crippen molar-refractivity contribution in [1.29, 1.82) is 0 Å². The highest BCUT2D eigenvalue weighted by atomic mass is 16.2. The van der Waals surface area contributed by atoms with Crippen LogP contribution in [0.3, 0.4) is 0 Å². The van der Waals surface area contributed by atoms with Gasteiger partial charge in [0, 0.05) is 32.7 Å². The first-order valence-corrected chi connectivity index (χ1v) is 8.24. The minimum absolute atomic E-state index is 0.00706. The van der Waals surface area contributed by atoms with E-state index in [0.29, 0.717) is 18.4 Å². The normalized spacial score (nSPS) is 30.0. The van der Waals surface area contributed by atoms with Crippen molar-refractivity contribution in [2.24, 2.45) is 11.8 Å². The molecule has 3 aliphatic rings. The van der Waals surface area contributed by atoms with Crippen LogP contribution >= 0.6 is 0 Å². The summed E-state index contributed by atoms with van der Waals surface area (Å²) >= 11 is 0. The molecule has 21 heavy (non-hydrogen) atoms. The van der Waals surface area contributed by atoms with Gasteiger partial charge in [0.2, 0.25) is 11.8 Å². The summed E-state index contributed by atoms with van der Waals surface area (Å²) in [6.07, 6.45) is 4.17. The van der Waals surface area contributed by atoms with Crippen LogP contribution in [-0.4, -0.2) is 62.0 Å². The van der Waals surface area contributed by atoms with E-state index in [1.54, 1.807) is 0 Å². The zero-order valence-electron chi connectivity index (χ0n) is 12.6. The molecule has 118 valence electrons. The summed E-state index contributed by atoms with van der Waals surface area (Å²) in [5.74, 6) is 1.00. The number of rotatable bonds is 4. The molecule has 2 amide bonds. The number of hydrogen-bond acceptors (Lipinski definition) is 4. The third kappa shape index (κ3) is 3.55. The number of hydrogen-bond donors (Lipinski definition) is 3. The van der Waals surface area contributed by atoms with Crippen LogP contribution in [0.4, 0.5) is 0 Å². The van der Waals surface area contributed by atoms with E-state index in [9.17, 15) is 9.59 Å². The molecule has 0 aromatic carbocycles. The summed E-state index contributed by atoms with van der Waals surface area (Å²) in [5.41, 5.74) is 0. The van der Waals surface area contributed by atoms with Crippen molar-refractivity contribution >= 4 is 11.8 Å². The predicted octanol–water partition coefficient (Wildman–Crippen LogP) is -0.687. The number of piperidine rings is 1. The molecule has 0 spiro atoms. The summed E-state index contributed by atoms with van der Waals surface area (Å²) in [5, 5.41) is 9.43. The minimum atomic E-state index is -0.00706. The Morgan fingerprint density at radius 3 is 2.71 bits per heavy atom. The Morgan fingerprint density at radius 2 is 2.05 bits per heavy atom. The molecule has 0 aromatic heterocycles. The van der Waals surface area contributed by atoms with E-state index in [2.05, 4.69) is 16.0 Å². The highest BCUT2D eigenvalue weighted by molar-refractivity contribution is 5.82. The topological polar surface area (TPSA) is 73.5 Å². The van der Waals surface area contributed by atoms with Gasteiger partial charge < -0.3 is 20.9 Å². The Labute approximate surface area is 126 Å². The van der Waals surface area contributed by atoms with Crippen LogP contribution in [0.25, 0.3) is 0 Å². The van der Waals surface area contributed by atoms with E-state index in [0.717, 1.165) is 58.4 Å². The lowest BCUT2D eigenvalue weighted by Crippen LogP contribution is -2.54. The summed E-state index contributed by atoms with van der Waals surface area (Å²) < 4.78 is 0. The van der Waals surface area contributed by atoms with Gasteiger partial charge in [0.1, 0.15) is 0 Å². The third-order valence-corrected chi connectivity index (χ3v) is 4.90. The first kappa shape index (κ1) is 14.8. The largest absolute Gasteiger partial charge is 0.354 e. The summed E-state index contributed by atoms with van der Waals surface area (Å²) in [4.78, 5) is 26.3. The average Bonchev–Trinajstić information content (AvgIpc) is 2.97. The first-order chi connectivity index (χ1) is 10.2. The van der Waals surface area contributed by atoms with Gasteiger partial charge in [-0.15, -0.1) is 0 Å². The molecule has 0 aromatic rings. The lowest BCUT2D eigenvalue weighted by atomic mass is 9.94. The fourth-order valence-electron chi connectivity index (χ4n) is 3.43. The fourth-order valence-corrected chi connectivity index (χ4v) is 3.43. The lowest BCUT2D eigenvalue weighted by Gasteiger charge is -2.37. The van der Waals surface area contributed by atoms with Gasteiger partial charge in [-0.05, 0) is 38.1 Å². The van der Waals surface area contributed by atoms with Crippen LogP contribution < -0.4 is 16.0 Å². The van der Waals surface area contributed by atoms with Crippen LogP contribution in [0, 0.1) is 11.8 Å². The van der Waals surface area contributed by atoms with Crippen LogP contribution in [0.1, 0.15) is 25.7 Å². The van der Waals surface area contributed by atoms with Crippen molar-refractivity contribution < 1.29 is 9.59 Å². The Hall–Kier alpha value is -1.14. The molecule has 3 saturated heterocycles. The molecule has 3 heterocycles. The lowest BCUT2D eigenvalue weighted by molar-refractivity contribution is -0.138. The van der Waals surface area contributed by atoms with Crippen molar-refractivity contribution in [3.63, 3.8) is 0 Å².